The Labute approximate surface area is 119 Å². The summed E-state index contributed by atoms with van der Waals surface area (Å²) in [5.41, 5.74) is 3.33. The van der Waals surface area contributed by atoms with Crippen molar-refractivity contribution in [3.05, 3.63) is 30.0 Å². The molecule has 20 heavy (non-hydrogen) atoms. The first kappa shape index (κ1) is 13.1. The lowest BCUT2D eigenvalue weighted by molar-refractivity contribution is 0.331. The van der Waals surface area contributed by atoms with Crippen LogP contribution in [0.2, 0.25) is 0 Å². The third-order valence-electron chi connectivity index (χ3n) is 3.95. The summed E-state index contributed by atoms with van der Waals surface area (Å²) in [5, 5.41) is 1.07. The van der Waals surface area contributed by atoms with Crippen molar-refractivity contribution < 1.29 is 13.9 Å². The predicted octanol–water partition coefficient (Wildman–Crippen LogP) is 4.44. The third-order valence-corrected chi connectivity index (χ3v) is 3.95. The van der Waals surface area contributed by atoms with Gasteiger partial charge in [0, 0.05) is 23.4 Å². The van der Waals surface area contributed by atoms with Gasteiger partial charge in [0.25, 0.3) is 0 Å². The van der Waals surface area contributed by atoms with Crippen molar-refractivity contribution in [1.82, 2.24) is 0 Å². The lowest BCUT2D eigenvalue weighted by Crippen LogP contribution is -2.20. The van der Waals surface area contributed by atoms with Gasteiger partial charge in [-0.3, -0.25) is 0 Å². The molecular weight excluding hydrogens is 252 g/mol. The first-order chi connectivity index (χ1) is 9.45. The summed E-state index contributed by atoms with van der Waals surface area (Å²) in [6, 6.07) is 3.88. The number of allylic oxidation sites excluding steroid dienone is 1. The number of hydrogen-bond donors (Lipinski definition) is 0. The van der Waals surface area contributed by atoms with Gasteiger partial charge in [0.1, 0.15) is 11.3 Å². The van der Waals surface area contributed by atoms with E-state index in [1.165, 1.54) is 0 Å². The highest BCUT2D eigenvalue weighted by Crippen LogP contribution is 2.46. The van der Waals surface area contributed by atoms with E-state index in [1.807, 2.05) is 12.1 Å². The van der Waals surface area contributed by atoms with Gasteiger partial charge in [-0.1, -0.05) is 20.4 Å². The molecule has 1 aromatic carbocycles. The van der Waals surface area contributed by atoms with E-state index in [2.05, 4.69) is 20.4 Å². The summed E-state index contributed by atoms with van der Waals surface area (Å²) in [6.45, 7) is 8.73. The summed E-state index contributed by atoms with van der Waals surface area (Å²) in [6.07, 6.45) is 1.92. The fourth-order valence-corrected chi connectivity index (χ4v) is 3.15. The second-order valence-electron chi connectivity index (χ2n) is 6.22. The molecule has 0 amide bonds. The average molecular weight is 272 g/mol. The second-order valence-corrected chi connectivity index (χ2v) is 6.22. The van der Waals surface area contributed by atoms with E-state index >= 15 is 0 Å². The van der Waals surface area contributed by atoms with Gasteiger partial charge in [0.05, 0.1) is 14.2 Å². The Morgan fingerprint density at radius 1 is 1.10 bits per heavy atom. The van der Waals surface area contributed by atoms with Crippen molar-refractivity contribution in [1.29, 1.82) is 0 Å². The van der Waals surface area contributed by atoms with Crippen LogP contribution in [0.1, 0.15) is 31.6 Å². The van der Waals surface area contributed by atoms with Crippen molar-refractivity contribution >= 4 is 16.5 Å². The van der Waals surface area contributed by atoms with Gasteiger partial charge < -0.3 is 13.9 Å². The van der Waals surface area contributed by atoms with Crippen LogP contribution in [0.15, 0.2) is 23.1 Å². The molecule has 0 unspecified atom stereocenters. The molecule has 1 heterocycles. The van der Waals surface area contributed by atoms with Crippen molar-refractivity contribution in [3.8, 4) is 11.5 Å². The zero-order valence-electron chi connectivity index (χ0n) is 12.5. The lowest BCUT2D eigenvalue weighted by Gasteiger charge is -2.29. The van der Waals surface area contributed by atoms with Gasteiger partial charge in [-0.25, -0.2) is 0 Å². The minimum atomic E-state index is 0.201. The minimum absolute atomic E-state index is 0.201. The van der Waals surface area contributed by atoms with E-state index in [4.69, 9.17) is 13.9 Å². The molecule has 2 aromatic rings. The zero-order chi connectivity index (χ0) is 14.5. The maximum absolute atomic E-state index is 6.04. The number of ether oxygens (including phenoxy) is 2. The standard InChI is InChI=1S/C17H20O3/c1-10-8-17(2,3)9-15-16(10)11-6-13(18-4)14(19-5)7-12(11)20-15/h6-7H,1,8-9H2,2-5H3. The van der Waals surface area contributed by atoms with Crippen molar-refractivity contribution in [2.75, 3.05) is 14.2 Å². The second kappa shape index (κ2) is 4.30. The molecule has 0 saturated heterocycles. The van der Waals surface area contributed by atoms with Crippen LogP contribution in [0.3, 0.4) is 0 Å². The number of fused-ring (bicyclic) bond motifs is 3. The fraction of sp³-hybridized carbons (Fsp3) is 0.412. The van der Waals surface area contributed by atoms with E-state index in [-0.39, 0.29) is 5.41 Å². The fourth-order valence-electron chi connectivity index (χ4n) is 3.15. The lowest BCUT2D eigenvalue weighted by atomic mass is 9.74. The van der Waals surface area contributed by atoms with E-state index in [0.29, 0.717) is 5.75 Å². The Morgan fingerprint density at radius 2 is 1.75 bits per heavy atom. The molecule has 1 aliphatic carbocycles. The molecule has 0 fully saturated rings. The van der Waals surface area contributed by atoms with Gasteiger partial charge >= 0.3 is 0 Å². The third kappa shape index (κ3) is 1.89. The maximum atomic E-state index is 6.04. The summed E-state index contributed by atoms with van der Waals surface area (Å²) in [7, 11) is 3.28. The van der Waals surface area contributed by atoms with Gasteiger partial charge in [0.15, 0.2) is 11.5 Å². The Hall–Kier alpha value is -1.90. The molecular formula is C17H20O3. The molecule has 0 aliphatic heterocycles. The number of hydrogen-bond acceptors (Lipinski definition) is 3. The Balaban J connectivity index is 2.26. The normalized spacial score (nSPS) is 17.1. The van der Waals surface area contributed by atoms with Crippen LogP contribution in [-0.4, -0.2) is 14.2 Å². The van der Waals surface area contributed by atoms with Crippen molar-refractivity contribution in [3.63, 3.8) is 0 Å². The van der Waals surface area contributed by atoms with E-state index in [0.717, 1.165) is 46.5 Å². The Morgan fingerprint density at radius 3 is 2.40 bits per heavy atom. The summed E-state index contributed by atoms with van der Waals surface area (Å²) in [5.74, 6) is 2.44. The molecule has 1 aliphatic rings. The molecule has 106 valence electrons. The highest BCUT2D eigenvalue weighted by molar-refractivity contribution is 5.94. The first-order valence-corrected chi connectivity index (χ1v) is 6.81. The molecule has 0 N–H and O–H groups in total. The smallest absolute Gasteiger partial charge is 0.164 e. The highest BCUT2D eigenvalue weighted by atomic mass is 16.5. The van der Waals surface area contributed by atoms with E-state index in [1.54, 1.807) is 14.2 Å². The molecule has 0 saturated carbocycles. The highest BCUT2D eigenvalue weighted by Gasteiger charge is 2.32. The van der Waals surface area contributed by atoms with Gasteiger partial charge in [0.2, 0.25) is 0 Å². The van der Waals surface area contributed by atoms with Crippen LogP contribution in [0.4, 0.5) is 0 Å². The topological polar surface area (TPSA) is 31.6 Å². The SMILES string of the molecule is C=C1CC(C)(C)Cc2oc3cc(OC)c(OC)cc3c21. The number of benzene rings is 1. The molecule has 0 spiro atoms. The Kier molecular flexibility index (Phi) is 2.82. The number of furan rings is 1. The van der Waals surface area contributed by atoms with Crippen molar-refractivity contribution in [2.45, 2.75) is 26.7 Å². The van der Waals surface area contributed by atoms with Crippen LogP contribution in [0.5, 0.6) is 11.5 Å². The van der Waals surface area contributed by atoms with E-state index in [9.17, 15) is 0 Å². The maximum Gasteiger partial charge on any atom is 0.164 e. The Bertz CT molecular complexity index is 692. The quantitative estimate of drug-likeness (QED) is 0.810. The van der Waals surface area contributed by atoms with Crippen LogP contribution in [0, 0.1) is 5.41 Å². The molecule has 1 aromatic heterocycles. The summed E-state index contributed by atoms with van der Waals surface area (Å²) in [4.78, 5) is 0. The largest absolute Gasteiger partial charge is 0.493 e. The van der Waals surface area contributed by atoms with Gasteiger partial charge in [-0.15, -0.1) is 0 Å². The van der Waals surface area contributed by atoms with Gasteiger partial charge in [-0.2, -0.15) is 0 Å². The zero-order valence-corrected chi connectivity index (χ0v) is 12.5. The predicted molar refractivity (Wildman–Crippen MR) is 80.5 cm³/mol. The monoisotopic (exact) mass is 272 g/mol. The summed E-state index contributed by atoms with van der Waals surface area (Å²) < 4.78 is 16.8. The number of methoxy groups -OCH3 is 2. The molecule has 3 heteroatoms. The molecule has 0 bridgehead atoms. The molecule has 3 rings (SSSR count). The van der Waals surface area contributed by atoms with Crippen LogP contribution < -0.4 is 9.47 Å². The van der Waals surface area contributed by atoms with E-state index < -0.39 is 0 Å². The van der Waals surface area contributed by atoms with Crippen LogP contribution in [0.25, 0.3) is 16.5 Å². The van der Waals surface area contributed by atoms with Crippen molar-refractivity contribution in [2.24, 2.45) is 5.41 Å². The molecule has 0 atom stereocenters. The van der Waals surface area contributed by atoms with Crippen LogP contribution in [-0.2, 0) is 6.42 Å². The molecule has 3 nitrogen and oxygen atoms in total. The molecule has 0 radical (unpaired) electrons. The average Bonchev–Trinajstić information content (AvgIpc) is 2.72. The van der Waals surface area contributed by atoms with Gasteiger partial charge in [-0.05, 0) is 23.5 Å². The number of rotatable bonds is 2. The summed E-state index contributed by atoms with van der Waals surface area (Å²) >= 11 is 0. The first-order valence-electron chi connectivity index (χ1n) is 6.81. The minimum Gasteiger partial charge on any atom is -0.493 e. The van der Waals surface area contributed by atoms with Crippen LogP contribution >= 0.6 is 0 Å².